The Bertz CT molecular complexity index is 673. The average molecular weight is 352 g/mol. The molecule has 0 unspecified atom stereocenters. The summed E-state index contributed by atoms with van der Waals surface area (Å²) in [5.74, 6) is 0.764. The monoisotopic (exact) mass is 351 g/mol. The van der Waals surface area contributed by atoms with E-state index in [1.807, 2.05) is 0 Å². The van der Waals surface area contributed by atoms with Gasteiger partial charge in [-0.25, -0.2) is 0 Å². The van der Waals surface area contributed by atoms with Gasteiger partial charge in [0.15, 0.2) is 0 Å². The fourth-order valence-corrected chi connectivity index (χ4v) is 2.01. The van der Waals surface area contributed by atoms with Crippen molar-refractivity contribution in [3.8, 4) is 17.2 Å². The standard InChI is InChI=1S/C15H14BrNO4/c1-20-10-4-6-14(21-2)12(8-10)17-15(19)9-3-5-11(16)13(18)7-9/h3-8,18H,1-2H3,(H,17,19). The van der Waals surface area contributed by atoms with Crippen LogP contribution in [-0.4, -0.2) is 25.2 Å². The molecule has 0 bridgehead atoms. The Hall–Kier alpha value is -2.21. The number of phenolic OH excluding ortho intramolecular Hbond substituents is 1. The summed E-state index contributed by atoms with van der Waals surface area (Å²) >= 11 is 3.17. The van der Waals surface area contributed by atoms with E-state index in [1.54, 1.807) is 37.4 Å². The van der Waals surface area contributed by atoms with Crippen LogP contribution in [0.4, 0.5) is 5.69 Å². The molecule has 0 saturated carbocycles. The second kappa shape index (κ2) is 6.49. The quantitative estimate of drug-likeness (QED) is 0.885. The normalized spacial score (nSPS) is 10.0. The van der Waals surface area contributed by atoms with Crippen LogP contribution in [0.1, 0.15) is 10.4 Å². The second-order valence-corrected chi connectivity index (χ2v) is 5.04. The molecular weight excluding hydrogens is 338 g/mol. The summed E-state index contributed by atoms with van der Waals surface area (Å²) in [7, 11) is 3.06. The van der Waals surface area contributed by atoms with Gasteiger partial charge >= 0.3 is 0 Å². The SMILES string of the molecule is COc1ccc(OC)c(NC(=O)c2ccc(Br)c(O)c2)c1. The van der Waals surface area contributed by atoms with Crippen molar-refractivity contribution in [2.75, 3.05) is 19.5 Å². The van der Waals surface area contributed by atoms with Gasteiger partial charge in [-0.15, -0.1) is 0 Å². The Kier molecular flexibility index (Phi) is 4.70. The van der Waals surface area contributed by atoms with E-state index in [0.29, 0.717) is 27.2 Å². The van der Waals surface area contributed by atoms with E-state index >= 15 is 0 Å². The molecule has 2 aromatic carbocycles. The van der Waals surface area contributed by atoms with Crippen LogP contribution < -0.4 is 14.8 Å². The minimum atomic E-state index is -0.357. The summed E-state index contributed by atoms with van der Waals surface area (Å²) in [5.41, 5.74) is 0.824. The van der Waals surface area contributed by atoms with Crippen LogP contribution in [-0.2, 0) is 0 Å². The van der Waals surface area contributed by atoms with E-state index in [0.717, 1.165) is 0 Å². The first-order chi connectivity index (χ1) is 10.0. The predicted molar refractivity (Wildman–Crippen MR) is 83.3 cm³/mol. The lowest BCUT2D eigenvalue weighted by Crippen LogP contribution is -2.12. The zero-order chi connectivity index (χ0) is 15.4. The fraction of sp³-hybridized carbons (Fsp3) is 0.133. The zero-order valence-corrected chi connectivity index (χ0v) is 13.1. The number of methoxy groups -OCH3 is 2. The van der Waals surface area contributed by atoms with Gasteiger partial charge in [0.2, 0.25) is 0 Å². The number of anilines is 1. The maximum Gasteiger partial charge on any atom is 0.255 e. The molecule has 1 amide bonds. The van der Waals surface area contributed by atoms with Crippen LogP contribution in [0.3, 0.4) is 0 Å². The van der Waals surface area contributed by atoms with Crippen molar-refractivity contribution < 1.29 is 19.4 Å². The molecule has 0 atom stereocenters. The van der Waals surface area contributed by atoms with Crippen LogP contribution in [0.25, 0.3) is 0 Å². The van der Waals surface area contributed by atoms with Gasteiger partial charge in [-0.1, -0.05) is 0 Å². The topological polar surface area (TPSA) is 67.8 Å². The van der Waals surface area contributed by atoms with Crippen molar-refractivity contribution in [1.29, 1.82) is 0 Å². The molecule has 0 fully saturated rings. The highest BCUT2D eigenvalue weighted by Gasteiger charge is 2.12. The molecule has 21 heavy (non-hydrogen) atoms. The lowest BCUT2D eigenvalue weighted by molar-refractivity contribution is 0.102. The van der Waals surface area contributed by atoms with Crippen LogP contribution >= 0.6 is 15.9 Å². The van der Waals surface area contributed by atoms with Crippen molar-refractivity contribution in [2.24, 2.45) is 0 Å². The number of carbonyl (C=O) groups is 1. The second-order valence-electron chi connectivity index (χ2n) is 4.19. The first-order valence-electron chi connectivity index (χ1n) is 6.07. The van der Waals surface area contributed by atoms with Gasteiger partial charge in [0, 0.05) is 11.6 Å². The van der Waals surface area contributed by atoms with E-state index in [1.165, 1.54) is 13.2 Å². The van der Waals surface area contributed by atoms with Gasteiger partial charge < -0.3 is 19.9 Å². The molecule has 0 saturated heterocycles. The van der Waals surface area contributed by atoms with Gasteiger partial charge in [-0.3, -0.25) is 4.79 Å². The van der Waals surface area contributed by atoms with Crippen LogP contribution in [0, 0.1) is 0 Å². The highest BCUT2D eigenvalue weighted by atomic mass is 79.9. The van der Waals surface area contributed by atoms with Crippen molar-refractivity contribution in [3.05, 3.63) is 46.4 Å². The van der Waals surface area contributed by atoms with Crippen LogP contribution in [0.15, 0.2) is 40.9 Å². The average Bonchev–Trinajstić information content (AvgIpc) is 2.49. The van der Waals surface area contributed by atoms with Gasteiger partial charge in [0.25, 0.3) is 5.91 Å². The zero-order valence-electron chi connectivity index (χ0n) is 11.5. The first-order valence-corrected chi connectivity index (χ1v) is 6.86. The number of halogens is 1. The molecule has 0 radical (unpaired) electrons. The van der Waals surface area contributed by atoms with Crippen molar-refractivity contribution in [1.82, 2.24) is 0 Å². The Balaban J connectivity index is 2.28. The molecule has 0 aliphatic carbocycles. The molecule has 0 aliphatic heterocycles. The van der Waals surface area contributed by atoms with E-state index in [2.05, 4.69) is 21.2 Å². The van der Waals surface area contributed by atoms with E-state index in [4.69, 9.17) is 9.47 Å². The van der Waals surface area contributed by atoms with Gasteiger partial charge in [-0.05, 0) is 46.3 Å². The Labute approximate surface area is 130 Å². The lowest BCUT2D eigenvalue weighted by Gasteiger charge is -2.12. The highest BCUT2D eigenvalue weighted by Crippen LogP contribution is 2.30. The number of rotatable bonds is 4. The highest BCUT2D eigenvalue weighted by molar-refractivity contribution is 9.10. The summed E-state index contributed by atoms with van der Waals surface area (Å²) < 4.78 is 10.8. The number of hydrogen-bond acceptors (Lipinski definition) is 4. The predicted octanol–water partition coefficient (Wildman–Crippen LogP) is 3.42. The number of aromatic hydroxyl groups is 1. The number of nitrogens with one attached hydrogen (secondary N) is 1. The Morgan fingerprint density at radius 3 is 2.52 bits per heavy atom. The molecule has 0 spiro atoms. The molecular formula is C15H14BrNO4. The molecule has 110 valence electrons. The molecule has 0 aromatic heterocycles. The van der Waals surface area contributed by atoms with Gasteiger partial charge in [0.05, 0.1) is 24.4 Å². The van der Waals surface area contributed by atoms with E-state index < -0.39 is 0 Å². The number of amides is 1. The fourth-order valence-electron chi connectivity index (χ4n) is 1.76. The Morgan fingerprint density at radius 2 is 1.90 bits per heavy atom. The molecule has 6 heteroatoms. The van der Waals surface area contributed by atoms with E-state index in [9.17, 15) is 9.90 Å². The molecule has 2 N–H and O–H groups in total. The van der Waals surface area contributed by atoms with Crippen LogP contribution in [0.5, 0.6) is 17.2 Å². The summed E-state index contributed by atoms with van der Waals surface area (Å²) in [6, 6.07) is 9.69. The van der Waals surface area contributed by atoms with Gasteiger partial charge in [-0.2, -0.15) is 0 Å². The summed E-state index contributed by atoms with van der Waals surface area (Å²) in [6.07, 6.45) is 0. The smallest absolute Gasteiger partial charge is 0.255 e. The lowest BCUT2D eigenvalue weighted by atomic mass is 10.2. The van der Waals surface area contributed by atoms with Crippen molar-refractivity contribution in [2.45, 2.75) is 0 Å². The summed E-state index contributed by atoms with van der Waals surface area (Å²) in [4.78, 5) is 12.2. The summed E-state index contributed by atoms with van der Waals surface area (Å²) in [6.45, 7) is 0. The minimum absolute atomic E-state index is 0.000238. The molecule has 2 rings (SSSR count). The molecule has 5 nitrogen and oxygen atoms in total. The minimum Gasteiger partial charge on any atom is -0.507 e. The third-order valence-corrected chi connectivity index (χ3v) is 3.53. The molecule has 0 aliphatic rings. The third-order valence-electron chi connectivity index (χ3n) is 2.86. The molecule has 2 aromatic rings. The number of benzene rings is 2. The number of ether oxygens (including phenoxy) is 2. The maximum atomic E-state index is 12.2. The van der Waals surface area contributed by atoms with Crippen molar-refractivity contribution in [3.63, 3.8) is 0 Å². The summed E-state index contributed by atoms with van der Waals surface area (Å²) in [5, 5.41) is 12.4. The van der Waals surface area contributed by atoms with Crippen LogP contribution in [0.2, 0.25) is 0 Å². The van der Waals surface area contributed by atoms with Crippen molar-refractivity contribution >= 4 is 27.5 Å². The largest absolute Gasteiger partial charge is 0.507 e. The third kappa shape index (κ3) is 3.46. The Morgan fingerprint density at radius 1 is 1.14 bits per heavy atom. The van der Waals surface area contributed by atoms with E-state index in [-0.39, 0.29) is 11.7 Å². The molecule has 0 heterocycles. The number of phenols is 1. The van der Waals surface area contributed by atoms with Gasteiger partial charge in [0.1, 0.15) is 17.2 Å². The number of carbonyl (C=O) groups excluding carboxylic acids is 1. The first kappa shape index (κ1) is 15.2. The number of hydrogen-bond donors (Lipinski definition) is 2. The maximum absolute atomic E-state index is 12.2.